The van der Waals surface area contributed by atoms with Gasteiger partial charge in [-0.05, 0) is 36.7 Å². The fraction of sp³-hybridized carbons (Fsp3) is 0.286. The van der Waals surface area contributed by atoms with Gasteiger partial charge in [0.2, 0.25) is 0 Å². The van der Waals surface area contributed by atoms with Crippen molar-refractivity contribution >= 4 is 23.2 Å². The van der Waals surface area contributed by atoms with E-state index in [4.69, 9.17) is 23.2 Å². The normalized spacial score (nSPS) is 12.4. The van der Waals surface area contributed by atoms with Crippen LogP contribution in [0.4, 0.5) is 0 Å². The monoisotopic (exact) mass is 295 g/mol. The van der Waals surface area contributed by atoms with Crippen LogP contribution in [-0.2, 0) is 6.42 Å². The Morgan fingerprint density at radius 3 is 2.32 bits per heavy atom. The molecule has 0 radical (unpaired) electrons. The number of hydrogen-bond donors (Lipinski definition) is 1. The van der Waals surface area contributed by atoms with Gasteiger partial charge in [-0.25, -0.2) is 9.97 Å². The van der Waals surface area contributed by atoms with Crippen molar-refractivity contribution < 1.29 is 0 Å². The zero-order valence-electron chi connectivity index (χ0n) is 10.6. The quantitative estimate of drug-likeness (QED) is 0.914. The molecule has 0 aliphatic rings. The first-order chi connectivity index (χ1) is 9.22. The summed E-state index contributed by atoms with van der Waals surface area (Å²) in [7, 11) is 0. The molecule has 1 aromatic carbocycles. The smallest absolute Gasteiger partial charge is 0.145 e. The molecule has 2 rings (SSSR count). The summed E-state index contributed by atoms with van der Waals surface area (Å²) in [6.45, 7) is 2.87. The Kier molecular flexibility index (Phi) is 5.14. The molecule has 0 amide bonds. The van der Waals surface area contributed by atoms with Crippen LogP contribution >= 0.6 is 23.2 Å². The molecule has 2 aromatic rings. The molecule has 0 spiro atoms. The fourth-order valence-electron chi connectivity index (χ4n) is 1.92. The van der Waals surface area contributed by atoms with Crippen LogP contribution in [0.25, 0.3) is 0 Å². The molecular weight excluding hydrogens is 281 g/mol. The number of nitrogens with one attached hydrogen (secondary N) is 1. The van der Waals surface area contributed by atoms with Crippen molar-refractivity contribution in [1.29, 1.82) is 0 Å². The van der Waals surface area contributed by atoms with E-state index >= 15 is 0 Å². The summed E-state index contributed by atoms with van der Waals surface area (Å²) < 4.78 is 0. The van der Waals surface area contributed by atoms with Gasteiger partial charge in [0.15, 0.2) is 0 Å². The van der Waals surface area contributed by atoms with E-state index in [2.05, 4.69) is 15.3 Å². The molecule has 0 fully saturated rings. The average molecular weight is 296 g/mol. The maximum atomic E-state index is 6.21. The van der Waals surface area contributed by atoms with Crippen molar-refractivity contribution in [1.82, 2.24) is 15.3 Å². The lowest BCUT2D eigenvalue weighted by atomic mass is 10.0. The number of likely N-dealkylation sites (N-methyl/N-ethyl adjacent to an activating group) is 1. The van der Waals surface area contributed by atoms with Gasteiger partial charge in [-0.2, -0.15) is 0 Å². The molecule has 1 heterocycles. The Labute approximate surface area is 123 Å². The zero-order chi connectivity index (χ0) is 13.7. The largest absolute Gasteiger partial charge is 0.307 e. The van der Waals surface area contributed by atoms with E-state index in [0.717, 1.165) is 17.9 Å². The molecule has 5 heteroatoms. The molecule has 0 saturated carbocycles. The summed E-state index contributed by atoms with van der Waals surface area (Å²) in [6.07, 6.45) is 4.14. The van der Waals surface area contributed by atoms with Gasteiger partial charge in [-0.15, -0.1) is 0 Å². The molecule has 1 atom stereocenters. The summed E-state index contributed by atoms with van der Waals surface area (Å²) in [6, 6.07) is 7.34. The first-order valence-electron chi connectivity index (χ1n) is 6.15. The van der Waals surface area contributed by atoms with Gasteiger partial charge in [0.05, 0.1) is 6.04 Å². The molecule has 19 heavy (non-hydrogen) atoms. The summed E-state index contributed by atoms with van der Waals surface area (Å²) in [4.78, 5) is 8.59. The predicted octanol–water partition coefficient (Wildman–Crippen LogP) is 3.68. The van der Waals surface area contributed by atoms with Crippen LogP contribution in [0.1, 0.15) is 24.4 Å². The Hall–Kier alpha value is -1.16. The lowest BCUT2D eigenvalue weighted by Crippen LogP contribution is -2.25. The maximum absolute atomic E-state index is 6.21. The minimum Gasteiger partial charge on any atom is -0.307 e. The van der Waals surface area contributed by atoms with Gasteiger partial charge < -0.3 is 5.32 Å². The number of hydrogen-bond acceptors (Lipinski definition) is 3. The van der Waals surface area contributed by atoms with Crippen LogP contribution in [0.3, 0.4) is 0 Å². The first-order valence-corrected chi connectivity index (χ1v) is 6.91. The highest BCUT2D eigenvalue weighted by Crippen LogP contribution is 2.28. The summed E-state index contributed by atoms with van der Waals surface area (Å²) in [5.74, 6) is 0.750. The van der Waals surface area contributed by atoms with Crippen molar-refractivity contribution in [2.75, 3.05) is 6.54 Å². The zero-order valence-corrected chi connectivity index (χ0v) is 12.1. The summed E-state index contributed by atoms with van der Waals surface area (Å²) >= 11 is 12.4. The molecule has 1 aromatic heterocycles. The second-order valence-corrected chi connectivity index (χ2v) is 4.94. The number of benzene rings is 1. The molecule has 0 bridgehead atoms. The van der Waals surface area contributed by atoms with Crippen LogP contribution in [0, 0.1) is 0 Å². The van der Waals surface area contributed by atoms with Crippen LogP contribution in [-0.4, -0.2) is 16.5 Å². The van der Waals surface area contributed by atoms with Gasteiger partial charge in [0.25, 0.3) is 0 Å². The third-order valence-corrected chi connectivity index (χ3v) is 3.53. The number of halogens is 2. The Morgan fingerprint density at radius 1 is 1.11 bits per heavy atom. The number of nitrogens with zero attached hydrogens (tertiary/aromatic N) is 2. The van der Waals surface area contributed by atoms with Crippen LogP contribution in [0.5, 0.6) is 0 Å². The van der Waals surface area contributed by atoms with Gasteiger partial charge in [0.1, 0.15) is 5.82 Å². The Morgan fingerprint density at radius 2 is 1.74 bits per heavy atom. The van der Waals surface area contributed by atoms with Crippen molar-refractivity contribution in [3.8, 4) is 0 Å². The van der Waals surface area contributed by atoms with Crippen molar-refractivity contribution in [3.05, 3.63) is 58.1 Å². The van der Waals surface area contributed by atoms with E-state index in [-0.39, 0.29) is 6.04 Å². The third kappa shape index (κ3) is 3.66. The molecule has 0 aliphatic carbocycles. The van der Waals surface area contributed by atoms with Crippen LogP contribution in [0.2, 0.25) is 10.0 Å². The first kappa shape index (κ1) is 14.3. The maximum Gasteiger partial charge on any atom is 0.145 e. The van der Waals surface area contributed by atoms with Crippen LogP contribution < -0.4 is 5.32 Å². The SMILES string of the molecule is CCNC(Cc1c(Cl)cccc1Cl)c1ncccn1. The average Bonchev–Trinajstić information content (AvgIpc) is 2.43. The number of aromatic nitrogens is 2. The Bertz CT molecular complexity index is 511. The highest BCUT2D eigenvalue weighted by atomic mass is 35.5. The van der Waals surface area contributed by atoms with Crippen molar-refractivity contribution in [3.63, 3.8) is 0 Å². The lowest BCUT2D eigenvalue weighted by molar-refractivity contribution is 0.521. The standard InChI is InChI=1S/C14H15Cl2N3/c1-2-17-13(14-18-7-4-8-19-14)9-10-11(15)5-3-6-12(10)16/h3-8,13,17H,2,9H2,1H3. The Balaban J connectivity index is 2.27. The van der Waals surface area contributed by atoms with Crippen molar-refractivity contribution in [2.45, 2.75) is 19.4 Å². The number of rotatable bonds is 5. The van der Waals surface area contributed by atoms with Gasteiger partial charge in [0, 0.05) is 22.4 Å². The van der Waals surface area contributed by atoms with E-state index in [1.54, 1.807) is 18.5 Å². The summed E-state index contributed by atoms with van der Waals surface area (Å²) in [5, 5.41) is 4.70. The molecule has 0 aliphatic heterocycles. The molecular formula is C14H15Cl2N3. The second kappa shape index (κ2) is 6.85. The lowest BCUT2D eigenvalue weighted by Gasteiger charge is -2.17. The predicted molar refractivity (Wildman–Crippen MR) is 78.6 cm³/mol. The highest BCUT2D eigenvalue weighted by molar-refractivity contribution is 6.36. The summed E-state index contributed by atoms with van der Waals surface area (Å²) in [5.41, 5.74) is 0.921. The molecule has 0 saturated heterocycles. The van der Waals surface area contributed by atoms with E-state index < -0.39 is 0 Å². The highest BCUT2D eigenvalue weighted by Gasteiger charge is 2.17. The van der Waals surface area contributed by atoms with E-state index in [1.165, 1.54) is 0 Å². The van der Waals surface area contributed by atoms with Gasteiger partial charge in [-0.3, -0.25) is 0 Å². The van der Waals surface area contributed by atoms with E-state index in [1.807, 2.05) is 25.1 Å². The molecule has 1 N–H and O–H groups in total. The van der Waals surface area contributed by atoms with E-state index in [9.17, 15) is 0 Å². The minimum absolute atomic E-state index is 0.00333. The van der Waals surface area contributed by atoms with Crippen LogP contribution in [0.15, 0.2) is 36.7 Å². The van der Waals surface area contributed by atoms with Crippen molar-refractivity contribution in [2.24, 2.45) is 0 Å². The topological polar surface area (TPSA) is 37.8 Å². The molecule has 100 valence electrons. The van der Waals surface area contributed by atoms with Gasteiger partial charge in [-0.1, -0.05) is 36.2 Å². The van der Waals surface area contributed by atoms with E-state index in [0.29, 0.717) is 16.5 Å². The van der Waals surface area contributed by atoms with Gasteiger partial charge >= 0.3 is 0 Å². The second-order valence-electron chi connectivity index (χ2n) is 4.12. The minimum atomic E-state index is 0.00333. The molecule has 3 nitrogen and oxygen atoms in total. The third-order valence-electron chi connectivity index (χ3n) is 2.82. The fourth-order valence-corrected chi connectivity index (χ4v) is 2.47. The molecule has 1 unspecified atom stereocenters.